The number of hydrogen-bond acceptors (Lipinski definition) is 6. The summed E-state index contributed by atoms with van der Waals surface area (Å²) in [4.78, 5) is 21.1. The van der Waals surface area contributed by atoms with Crippen LogP contribution in [0.15, 0.2) is 47.2 Å². The Balaban J connectivity index is 1.42. The van der Waals surface area contributed by atoms with Gasteiger partial charge in [-0.1, -0.05) is 0 Å². The van der Waals surface area contributed by atoms with Gasteiger partial charge in [-0.3, -0.25) is 9.36 Å². The van der Waals surface area contributed by atoms with Crippen LogP contribution in [0.3, 0.4) is 0 Å². The molecule has 1 aliphatic rings. The van der Waals surface area contributed by atoms with E-state index in [1.165, 1.54) is 0 Å². The van der Waals surface area contributed by atoms with E-state index in [-0.39, 0.29) is 5.91 Å². The Bertz CT molecular complexity index is 1010. The molecule has 0 atom stereocenters. The van der Waals surface area contributed by atoms with Crippen molar-refractivity contribution in [3.05, 3.63) is 58.6 Å². The molecule has 9 heteroatoms. The Morgan fingerprint density at radius 2 is 1.79 bits per heavy atom. The van der Waals surface area contributed by atoms with Gasteiger partial charge in [0.15, 0.2) is 11.6 Å². The SMILES string of the molecule is COc1ccc(Br)c(C(=O)N2CCN(c3ccc(-n4ccnc4C)nn3)CC2)c1. The summed E-state index contributed by atoms with van der Waals surface area (Å²) in [5.74, 6) is 3.07. The zero-order valence-corrected chi connectivity index (χ0v) is 17.8. The number of rotatable bonds is 4. The lowest BCUT2D eigenvalue weighted by molar-refractivity contribution is 0.0745. The molecule has 1 aromatic carbocycles. The van der Waals surface area contributed by atoms with E-state index < -0.39 is 0 Å². The second kappa shape index (κ2) is 8.20. The summed E-state index contributed by atoms with van der Waals surface area (Å²) in [7, 11) is 1.59. The molecule has 0 N–H and O–H groups in total. The minimum Gasteiger partial charge on any atom is -0.497 e. The van der Waals surface area contributed by atoms with Gasteiger partial charge in [0.25, 0.3) is 5.91 Å². The average molecular weight is 457 g/mol. The first-order valence-corrected chi connectivity index (χ1v) is 10.1. The molecule has 0 unspecified atom stereocenters. The minimum atomic E-state index is -0.00700. The van der Waals surface area contributed by atoms with Crippen LogP contribution >= 0.6 is 15.9 Å². The first-order chi connectivity index (χ1) is 14.1. The van der Waals surface area contributed by atoms with Crippen LogP contribution < -0.4 is 9.64 Å². The molecule has 3 aromatic rings. The molecule has 0 spiro atoms. The van der Waals surface area contributed by atoms with E-state index >= 15 is 0 Å². The summed E-state index contributed by atoms with van der Waals surface area (Å²) < 4.78 is 7.90. The molecule has 0 aliphatic carbocycles. The number of imidazole rings is 1. The predicted octanol–water partition coefficient (Wildman–Crippen LogP) is 2.70. The molecule has 29 heavy (non-hydrogen) atoms. The van der Waals surface area contributed by atoms with Crippen molar-refractivity contribution in [2.24, 2.45) is 0 Å². The van der Waals surface area contributed by atoms with Crippen LogP contribution in [-0.4, -0.2) is 63.8 Å². The lowest BCUT2D eigenvalue weighted by atomic mass is 10.1. The average Bonchev–Trinajstić information content (AvgIpc) is 3.20. The number of benzene rings is 1. The number of halogens is 1. The van der Waals surface area contributed by atoms with Gasteiger partial charge >= 0.3 is 0 Å². The lowest BCUT2D eigenvalue weighted by Crippen LogP contribution is -2.49. The predicted molar refractivity (Wildman–Crippen MR) is 113 cm³/mol. The van der Waals surface area contributed by atoms with Crippen molar-refractivity contribution in [2.45, 2.75) is 6.92 Å². The quantitative estimate of drug-likeness (QED) is 0.600. The summed E-state index contributed by atoms with van der Waals surface area (Å²) >= 11 is 3.47. The third-order valence-corrected chi connectivity index (χ3v) is 5.70. The van der Waals surface area contributed by atoms with Gasteiger partial charge in [-0.15, -0.1) is 10.2 Å². The first kappa shape index (κ1) is 19.4. The Labute approximate surface area is 177 Å². The van der Waals surface area contributed by atoms with Gasteiger partial charge in [0.05, 0.1) is 12.7 Å². The molecular formula is C20H21BrN6O2. The summed E-state index contributed by atoms with van der Waals surface area (Å²) in [5, 5.41) is 8.68. The third kappa shape index (κ3) is 3.95. The van der Waals surface area contributed by atoms with E-state index in [0.717, 1.165) is 21.9 Å². The van der Waals surface area contributed by atoms with E-state index in [2.05, 4.69) is 36.0 Å². The van der Waals surface area contributed by atoms with Crippen LogP contribution in [0.25, 0.3) is 5.82 Å². The van der Waals surface area contributed by atoms with Crippen molar-refractivity contribution in [1.29, 1.82) is 0 Å². The van der Waals surface area contributed by atoms with Gasteiger partial charge in [0.1, 0.15) is 11.6 Å². The Morgan fingerprint density at radius 1 is 1.07 bits per heavy atom. The van der Waals surface area contributed by atoms with Crippen LogP contribution in [0, 0.1) is 6.92 Å². The molecule has 1 amide bonds. The molecule has 0 bridgehead atoms. The number of hydrogen-bond donors (Lipinski definition) is 0. The molecule has 1 saturated heterocycles. The summed E-state index contributed by atoms with van der Waals surface area (Å²) in [6.45, 7) is 4.56. The van der Waals surface area contributed by atoms with Gasteiger partial charge in [-0.2, -0.15) is 0 Å². The Kier molecular flexibility index (Phi) is 5.48. The second-order valence-electron chi connectivity index (χ2n) is 6.72. The van der Waals surface area contributed by atoms with Gasteiger partial charge in [0.2, 0.25) is 0 Å². The Morgan fingerprint density at radius 3 is 2.41 bits per heavy atom. The van der Waals surface area contributed by atoms with E-state index in [1.54, 1.807) is 19.4 Å². The molecule has 8 nitrogen and oxygen atoms in total. The number of amides is 1. The second-order valence-corrected chi connectivity index (χ2v) is 7.57. The number of methoxy groups -OCH3 is 1. The summed E-state index contributed by atoms with van der Waals surface area (Å²) in [6, 6.07) is 9.31. The standard InChI is InChI=1S/C20H21BrN6O2/c1-14-22-7-8-27(14)19-6-5-18(23-24-19)25-9-11-26(12-10-25)20(28)16-13-15(29-2)3-4-17(16)21/h3-8,13H,9-12H2,1-2H3. The fourth-order valence-corrected chi connectivity index (χ4v) is 3.76. The molecular weight excluding hydrogens is 436 g/mol. The number of carbonyl (C=O) groups is 1. The maximum Gasteiger partial charge on any atom is 0.255 e. The molecule has 3 heterocycles. The van der Waals surface area contributed by atoms with Crippen LogP contribution in [0.1, 0.15) is 16.2 Å². The number of ether oxygens (including phenoxy) is 1. The van der Waals surface area contributed by atoms with Gasteiger partial charge in [-0.25, -0.2) is 4.98 Å². The van der Waals surface area contributed by atoms with E-state index in [1.807, 2.05) is 46.9 Å². The molecule has 4 rings (SSSR count). The minimum absolute atomic E-state index is 0.00700. The topological polar surface area (TPSA) is 76.4 Å². The van der Waals surface area contributed by atoms with Crippen molar-refractivity contribution < 1.29 is 9.53 Å². The van der Waals surface area contributed by atoms with Crippen molar-refractivity contribution in [3.8, 4) is 11.6 Å². The number of anilines is 1. The molecule has 0 saturated carbocycles. The largest absolute Gasteiger partial charge is 0.497 e. The van der Waals surface area contributed by atoms with Crippen LogP contribution in [0.4, 0.5) is 5.82 Å². The zero-order chi connectivity index (χ0) is 20.4. The first-order valence-electron chi connectivity index (χ1n) is 9.28. The van der Waals surface area contributed by atoms with Crippen LogP contribution in [0.5, 0.6) is 5.75 Å². The molecule has 150 valence electrons. The van der Waals surface area contributed by atoms with E-state index in [9.17, 15) is 4.79 Å². The fraction of sp³-hybridized carbons (Fsp3) is 0.300. The Hall–Kier alpha value is -2.94. The van der Waals surface area contributed by atoms with Gasteiger partial charge in [0, 0.05) is 43.0 Å². The number of piperazine rings is 1. The van der Waals surface area contributed by atoms with Gasteiger partial charge in [-0.05, 0) is 53.2 Å². The van der Waals surface area contributed by atoms with Crippen molar-refractivity contribution in [1.82, 2.24) is 24.6 Å². The van der Waals surface area contributed by atoms with E-state index in [0.29, 0.717) is 37.5 Å². The summed E-state index contributed by atoms with van der Waals surface area (Å²) in [6.07, 6.45) is 3.60. The van der Waals surface area contributed by atoms with Crippen LogP contribution in [-0.2, 0) is 0 Å². The molecule has 1 aliphatic heterocycles. The third-order valence-electron chi connectivity index (χ3n) is 5.00. The smallest absolute Gasteiger partial charge is 0.255 e. The number of carbonyl (C=O) groups excluding carboxylic acids is 1. The molecule has 0 radical (unpaired) electrons. The van der Waals surface area contributed by atoms with Crippen molar-refractivity contribution in [3.63, 3.8) is 0 Å². The zero-order valence-electron chi connectivity index (χ0n) is 16.2. The monoisotopic (exact) mass is 456 g/mol. The van der Waals surface area contributed by atoms with Crippen molar-refractivity contribution in [2.75, 3.05) is 38.2 Å². The maximum absolute atomic E-state index is 12.9. The highest BCUT2D eigenvalue weighted by Gasteiger charge is 2.24. The highest BCUT2D eigenvalue weighted by atomic mass is 79.9. The fourth-order valence-electron chi connectivity index (χ4n) is 3.34. The number of nitrogens with zero attached hydrogens (tertiary/aromatic N) is 6. The lowest BCUT2D eigenvalue weighted by Gasteiger charge is -2.35. The highest BCUT2D eigenvalue weighted by molar-refractivity contribution is 9.10. The molecule has 2 aromatic heterocycles. The maximum atomic E-state index is 12.9. The van der Waals surface area contributed by atoms with Crippen LogP contribution in [0.2, 0.25) is 0 Å². The van der Waals surface area contributed by atoms with Gasteiger partial charge < -0.3 is 14.5 Å². The number of aryl methyl sites for hydroxylation is 1. The molecule has 1 fully saturated rings. The highest BCUT2D eigenvalue weighted by Crippen LogP contribution is 2.25. The van der Waals surface area contributed by atoms with E-state index in [4.69, 9.17) is 4.74 Å². The summed E-state index contributed by atoms with van der Waals surface area (Å²) in [5.41, 5.74) is 0.609. The normalized spacial score (nSPS) is 14.2. The number of aromatic nitrogens is 4. The van der Waals surface area contributed by atoms with Crippen molar-refractivity contribution >= 4 is 27.7 Å².